The molecule has 2 saturated heterocycles. The normalized spacial score (nSPS) is 15.0. The Morgan fingerprint density at radius 2 is 1.26 bits per heavy atom. The number of carbonyl (C=O) groups is 2. The van der Waals surface area contributed by atoms with Crippen LogP contribution >= 0.6 is 45.9 Å². The van der Waals surface area contributed by atoms with Gasteiger partial charge in [-0.25, -0.2) is 33.5 Å². The number of hydrogen-bond donors (Lipinski definition) is 3. The Morgan fingerprint density at radius 3 is 1.63 bits per heavy atom. The molecule has 0 unspecified atom stereocenters. The molecule has 0 spiro atoms. The number of rotatable bonds is 9. The van der Waals surface area contributed by atoms with Crippen molar-refractivity contribution in [1.29, 1.82) is 1.34 Å². The zero-order chi connectivity index (χ0) is 46.2. The second kappa shape index (κ2) is 22.1. The van der Waals surface area contributed by atoms with E-state index in [-0.39, 0.29) is 48.8 Å². The number of thiazole rings is 2. The van der Waals surface area contributed by atoms with Gasteiger partial charge in [0.15, 0.2) is 0 Å². The molecule has 6 heterocycles. The SMILES string of the molecule is Fc1ccc(Cc2cc3scnc3c(-c3cccc(Cl)c3)c2F)cn1.O=C(O)[C@H]1CCN1.O=C(O)[C@H]1CCN1c1ccc(Cc2cc3scnc3c(-c3cccc(Cl)c3)c2F)cn1.[2H][B].[U]. The van der Waals surface area contributed by atoms with Gasteiger partial charge in [-0.2, -0.15) is 4.39 Å². The van der Waals surface area contributed by atoms with E-state index in [0.29, 0.717) is 86.1 Å². The first-order valence-corrected chi connectivity index (χ1v) is 22.1. The van der Waals surface area contributed by atoms with Gasteiger partial charge in [0, 0.05) is 92.4 Å². The molecule has 4 aromatic heterocycles. The van der Waals surface area contributed by atoms with Crippen molar-refractivity contribution in [2.45, 2.75) is 37.8 Å². The van der Waals surface area contributed by atoms with Crippen molar-refractivity contribution < 1.29 is 64.1 Å². The van der Waals surface area contributed by atoms with Gasteiger partial charge in [0.05, 0.1) is 31.5 Å². The van der Waals surface area contributed by atoms with Crippen LogP contribution in [-0.4, -0.2) is 77.0 Å². The maximum absolute atomic E-state index is 15.6. The Labute approximate surface area is 416 Å². The maximum atomic E-state index is 15.6. The fourth-order valence-corrected chi connectivity index (χ4v) is 9.07. The summed E-state index contributed by atoms with van der Waals surface area (Å²) in [6.45, 7) is 1.53. The molecule has 2 aliphatic heterocycles. The van der Waals surface area contributed by atoms with Gasteiger partial charge in [-0.1, -0.05) is 59.6 Å². The van der Waals surface area contributed by atoms with E-state index in [1.807, 2.05) is 24.3 Å². The molecule has 328 valence electrons. The fourth-order valence-electron chi connectivity index (χ4n) is 7.19. The summed E-state index contributed by atoms with van der Waals surface area (Å²) in [6.07, 6.45) is 5.19. The number of halogens is 5. The van der Waals surface area contributed by atoms with Gasteiger partial charge in [-0.3, -0.25) is 4.79 Å². The molecule has 0 bridgehead atoms. The van der Waals surface area contributed by atoms with Crippen LogP contribution in [0, 0.1) is 48.7 Å². The van der Waals surface area contributed by atoms with Crippen LogP contribution in [-0.2, 0) is 22.4 Å². The van der Waals surface area contributed by atoms with Crippen LogP contribution in [0.4, 0.5) is 19.0 Å². The quantitative estimate of drug-likeness (QED) is 0.0945. The van der Waals surface area contributed by atoms with Crippen LogP contribution < -0.4 is 10.2 Å². The van der Waals surface area contributed by atoms with Crippen molar-refractivity contribution in [3.8, 4) is 22.3 Å². The number of carboxylic acid groups (broad SMARTS) is 2. The van der Waals surface area contributed by atoms with Crippen molar-refractivity contribution in [3.05, 3.63) is 158 Å². The van der Waals surface area contributed by atoms with Gasteiger partial charge < -0.3 is 20.4 Å². The molecule has 0 saturated carbocycles. The Morgan fingerprint density at radius 1 is 0.738 bits per heavy atom. The maximum Gasteiger partial charge on any atom is 0.326 e. The molecule has 8 aromatic rings. The number of aliphatic carboxylic acids is 2. The summed E-state index contributed by atoms with van der Waals surface area (Å²) in [5.41, 5.74) is 9.55. The number of nitrogens with zero attached hydrogens (tertiary/aromatic N) is 5. The Kier molecular flexibility index (Phi) is 16.3. The number of hydrogen-bond acceptors (Lipinski definition) is 10. The smallest absolute Gasteiger partial charge is 0.326 e. The van der Waals surface area contributed by atoms with Gasteiger partial charge in [0.1, 0.15) is 29.5 Å². The molecule has 2 atom stereocenters. The van der Waals surface area contributed by atoms with Crippen LogP contribution in [0.25, 0.3) is 42.7 Å². The summed E-state index contributed by atoms with van der Waals surface area (Å²) in [4.78, 5) is 39.7. The van der Waals surface area contributed by atoms with Gasteiger partial charge >= 0.3 is 11.9 Å². The van der Waals surface area contributed by atoms with Crippen LogP contribution in [0.2, 0.25) is 10.0 Å². The molecule has 4 aromatic carbocycles. The van der Waals surface area contributed by atoms with E-state index in [2.05, 4.69) is 33.6 Å². The molecule has 10 nitrogen and oxygen atoms in total. The molecule has 0 amide bonds. The van der Waals surface area contributed by atoms with Crippen molar-refractivity contribution in [2.75, 3.05) is 18.0 Å². The fraction of sp³-hybridized carbons (Fsp3) is 0.174. The molecule has 2 radical (unpaired) electrons. The first-order chi connectivity index (χ1) is 31.4. The summed E-state index contributed by atoms with van der Waals surface area (Å²) in [7, 11) is 3.75. The molecular weight excluding hydrogens is 1140 g/mol. The minimum atomic E-state index is -0.842. The summed E-state index contributed by atoms with van der Waals surface area (Å²) in [5.74, 6) is -2.16. The van der Waals surface area contributed by atoms with E-state index in [1.54, 1.807) is 76.7 Å². The number of carboxylic acids is 2. The third-order valence-corrected chi connectivity index (χ3v) is 12.6. The van der Waals surface area contributed by atoms with Gasteiger partial charge in [-0.15, -0.1) is 22.7 Å². The predicted octanol–water partition coefficient (Wildman–Crippen LogP) is 10.1. The van der Waals surface area contributed by atoms with Crippen LogP contribution in [0.1, 0.15) is 35.1 Å². The number of anilines is 1. The summed E-state index contributed by atoms with van der Waals surface area (Å²) < 4.78 is 50.9. The van der Waals surface area contributed by atoms with E-state index in [0.717, 1.165) is 33.5 Å². The van der Waals surface area contributed by atoms with E-state index in [4.69, 9.17) is 29.6 Å². The molecule has 10 rings (SSSR count). The first kappa shape index (κ1) is 48.1. The van der Waals surface area contributed by atoms with Gasteiger partial charge in [0.25, 0.3) is 0 Å². The van der Waals surface area contributed by atoms with E-state index < -0.39 is 23.9 Å². The summed E-state index contributed by atoms with van der Waals surface area (Å²) >= 11 is 15.1. The molecule has 19 heteroatoms. The Balaban J connectivity index is 0.000000184. The van der Waals surface area contributed by atoms with Gasteiger partial charge in [0.2, 0.25) is 5.95 Å². The number of aromatic nitrogens is 4. The largest absolute Gasteiger partial charge is 0.480 e. The molecule has 3 N–H and O–H groups in total. The molecule has 65 heavy (non-hydrogen) atoms. The van der Waals surface area contributed by atoms with Gasteiger partial charge in [-0.05, 0) is 103 Å². The topological polar surface area (TPSA) is 141 Å². The standard InChI is InChI=1S/C23H17ClFN3O2S.C19H11ClF2N2S.C4H7NO2.BH.U/c24-16-3-1-2-14(9-16)20-21(25)15(10-18-22(20)27-12-31-18)8-13-4-5-19(26-11-13)28-7-6-17(28)23(29)30;20-14-3-1-2-12(7-14)17-18(22)13(8-15-19(17)24-10-25-15)6-11-4-5-16(21)23-9-11;6-4(7)3-1-2-5-3;;/h1-5,9-12,17H,6-8H2,(H,29,30);1-5,7-10H,6H2;3,5H,1-2H2,(H,6,7);1H;/t17-;;3-;;/m1.1../s1/i;;;1D;. The van der Waals surface area contributed by atoms with Crippen LogP contribution in [0.5, 0.6) is 0 Å². The second-order valence-electron chi connectivity index (χ2n) is 14.7. The van der Waals surface area contributed by atoms with E-state index in [9.17, 15) is 19.1 Å². The Hall–Kier alpha value is -4.85. The van der Waals surface area contributed by atoms with Crippen LogP contribution in [0.15, 0.2) is 108 Å². The zero-order valence-electron chi connectivity index (χ0n) is 35.0. The molecule has 0 aliphatic carbocycles. The Bertz CT molecular complexity index is 2970. The number of pyridine rings is 2. The second-order valence-corrected chi connectivity index (χ2v) is 17.4. The monoisotopic (exact) mass is 1180 g/mol. The zero-order valence-corrected chi connectivity index (χ0v) is 41.3. The first-order valence-electron chi connectivity index (χ1n) is 20.1. The van der Waals surface area contributed by atoms with Crippen molar-refractivity contribution in [3.63, 3.8) is 0 Å². The van der Waals surface area contributed by atoms with Crippen LogP contribution in [0.3, 0.4) is 0 Å². The number of benzene rings is 4. The van der Waals surface area contributed by atoms with Crippen molar-refractivity contribution >= 4 is 92.4 Å². The molecule has 2 aliphatic rings. The third kappa shape index (κ3) is 11.4. The molecular formula is C46H36BCl2F3N6O4S2U. The average molecular weight is 1180 g/mol. The third-order valence-electron chi connectivity index (χ3n) is 10.6. The number of nitrogens with one attached hydrogen (secondary N) is 1. The van der Waals surface area contributed by atoms with E-state index >= 15 is 8.78 Å². The van der Waals surface area contributed by atoms with Crippen molar-refractivity contribution in [1.82, 2.24) is 25.3 Å². The predicted molar refractivity (Wildman–Crippen MR) is 249 cm³/mol. The minimum absolute atomic E-state index is 0. The number of fused-ring (bicyclic) bond motifs is 2. The van der Waals surface area contributed by atoms with Crippen molar-refractivity contribution in [2.24, 2.45) is 0 Å². The van der Waals surface area contributed by atoms with E-state index in [1.165, 1.54) is 34.9 Å². The molecule has 2 fully saturated rings. The summed E-state index contributed by atoms with van der Waals surface area (Å²) in [6, 6.07) is 23.6. The average Bonchev–Trinajstić information content (AvgIpc) is 3.92. The summed E-state index contributed by atoms with van der Waals surface area (Å²) in [5, 5.41) is 21.2. The minimum Gasteiger partial charge on any atom is -0.480 e.